The molecule has 0 saturated heterocycles. The summed E-state index contributed by atoms with van der Waals surface area (Å²) < 4.78 is 0. The molecular weight excluding hydrogens is 194 g/mol. The quantitative estimate of drug-likeness (QED) is 0.783. The number of carbonyl (C=O) groups is 1. The van der Waals surface area contributed by atoms with Crippen LogP contribution in [0.3, 0.4) is 0 Å². The summed E-state index contributed by atoms with van der Waals surface area (Å²) in [5, 5.41) is 11.6. The van der Waals surface area contributed by atoms with Crippen LogP contribution in [-0.4, -0.2) is 27.1 Å². The molecule has 0 fully saturated rings. The van der Waals surface area contributed by atoms with Gasteiger partial charge in [-0.2, -0.15) is 0 Å². The van der Waals surface area contributed by atoms with Gasteiger partial charge in [0.15, 0.2) is 0 Å². The Morgan fingerprint density at radius 3 is 2.73 bits per heavy atom. The predicted octanol–water partition coefficient (Wildman–Crippen LogP) is 1.37. The van der Waals surface area contributed by atoms with Gasteiger partial charge in [0.05, 0.1) is 6.42 Å². The van der Waals surface area contributed by atoms with E-state index in [0.29, 0.717) is 11.6 Å². The summed E-state index contributed by atoms with van der Waals surface area (Å²) in [5.74, 6) is 0.534. The van der Waals surface area contributed by atoms with Crippen molar-refractivity contribution in [1.29, 1.82) is 0 Å². The van der Waals surface area contributed by atoms with Crippen molar-refractivity contribution in [1.82, 2.24) is 9.97 Å². The Labute approximate surface area is 88.6 Å². The van der Waals surface area contributed by atoms with Gasteiger partial charge in [0.25, 0.3) is 0 Å². The molecule has 1 heterocycles. The average molecular weight is 209 g/mol. The zero-order valence-corrected chi connectivity index (χ0v) is 9.11. The number of rotatable bonds is 4. The molecule has 15 heavy (non-hydrogen) atoms. The number of aliphatic carboxylic acids is 1. The highest BCUT2D eigenvalue weighted by Gasteiger charge is 2.08. The second-order valence-corrected chi connectivity index (χ2v) is 3.59. The third-order valence-electron chi connectivity index (χ3n) is 1.84. The Hall–Kier alpha value is -1.65. The highest BCUT2D eigenvalue weighted by molar-refractivity contribution is 5.68. The molecule has 1 aromatic heterocycles. The topological polar surface area (TPSA) is 75.1 Å². The Balaban J connectivity index is 2.67. The molecule has 0 aromatic carbocycles. The van der Waals surface area contributed by atoms with E-state index in [1.54, 1.807) is 19.9 Å². The standard InChI is InChI=1S/C10H15N3O2/c1-6-4-9(13-8(3)11-6)12-7(2)5-10(14)15/h4,7H,5H2,1-3H3,(H,14,15)(H,11,12,13)/t7-/m1/s1. The predicted molar refractivity (Wildman–Crippen MR) is 56.8 cm³/mol. The molecule has 0 aliphatic rings. The lowest BCUT2D eigenvalue weighted by molar-refractivity contribution is -0.137. The van der Waals surface area contributed by atoms with E-state index >= 15 is 0 Å². The fourth-order valence-corrected chi connectivity index (χ4v) is 1.36. The van der Waals surface area contributed by atoms with Gasteiger partial charge in [0.2, 0.25) is 0 Å². The van der Waals surface area contributed by atoms with Gasteiger partial charge in [-0.25, -0.2) is 9.97 Å². The summed E-state index contributed by atoms with van der Waals surface area (Å²) in [6.45, 7) is 5.49. The van der Waals surface area contributed by atoms with Gasteiger partial charge in [-0.1, -0.05) is 0 Å². The average Bonchev–Trinajstić information content (AvgIpc) is 1.98. The van der Waals surface area contributed by atoms with E-state index in [9.17, 15) is 4.79 Å². The molecule has 1 aromatic rings. The van der Waals surface area contributed by atoms with Gasteiger partial charge in [-0.15, -0.1) is 0 Å². The molecule has 0 amide bonds. The van der Waals surface area contributed by atoms with Crippen LogP contribution < -0.4 is 5.32 Å². The maximum atomic E-state index is 10.5. The lowest BCUT2D eigenvalue weighted by Gasteiger charge is -2.12. The fourth-order valence-electron chi connectivity index (χ4n) is 1.36. The molecule has 0 unspecified atom stereocenters. The van der Waals surface area contributed by atoms with Crippen LogP contribution in [0.2, 0.25) is 0 Å². The van der Waals surface area contributed by atoms with Crippen LogP contribution in [0.5, 0.6) is 0 Å². The second kappa shape index (κ2) is 4.72. The summed E-state index contributed by atoms with van der Waals surface area (Å²) in [4.78, 5) is 18.8. The van der Waals surface area contributed by atoms with Crippen molar-refractivity contribution in [2.24, 2.45) is 0 Å². The van der Waals surface area contributed by atoms with Gasteiger partial charge < -0.3 is 10.4 Å². The molecule has 2 N–H and O–H groups in total. The highest BCUT2D eigenvalue weighted by atomic mass is 16.4. The van der Waals surface area contributed by atoms with Crippen molar-refractivity contribution >= 4 is 11.8 Å². The minimum absolute atomic E-state index is 0.0715. The monoisotopic (exact) mass is 209 g/mol. The normalized spacial score (nSPS) is 12.2. The summed E-state index contributed by atoms with van der Waals surface area (Å²) in [7, 11) is 0. The molecule has 0 aliphatic heterocycles. The minimum Gasteiger partial charge on any atom is -0.481 e. The molecular formula is C10H15N3O2. The molecule has 0 bridgehead atoms. The number of aromatic nitrogens is 2. The van der Waals surface area contributed by atoms with E-state index in [2.05, 4.69) is 15.3 Å². The molecule has 0 radical (unpaired) electrons. The van der Waals surface area contributed by atoms with Crippen molar-refractivity contribution in [3.05, 3.63) is 17.6 Å². The van der Waals surface area contributed by atoms with E-state index in [4.69, 9.17) is 5.11 Å². The van der Waals surface area contributed by atoms with E-state index in [1.807, 2.05) is 6.92 Å². The summed E-state index contributed by atoms with van der Waals surface area (Å²) in [5.41, 5.74) is 0.868. The third kappa shape index (κ3) is 3.93. The second-order valence-electron chi connectivity index (χ2n) is 3.59. The number of carboxylic acid groups (broad SMARTS) is 1. The number of anilines is 1. The third-order valence-corrected chi connectivity index (χ3v) is 1.84. The Kier molecular flexibility index (Phi) is 3.60. The van der Waals surface area contributed by atoms with E-state index in [-0.39, 0.29) is 12.5 Å². The Morgan fingerprint density at radius 2 is 2.20 bits per heavy atom. The number of aryl methyl sites for hydroxylation is 2. The molecule has 0 saturated carbocycles. The molecule has 5 heteroatoms. The van der Waals surface area contributed by atoms with Crippen LogP contribution in [0.15, 0.2) is 6.07 Å². The maximum absolute atomic E-state index is 10.5. The number of hydrogen-bond donors (Lipinski definition) is 2. The molecule has 0 spiro atoms. The summed E-state index contributed by atoms with van der Waals surface area (Å²) in [6.07, 6.45) is 0.0715. The first kappa shape index (κ1) is 11.4. The Morgan fingerprint density at radius 1 is 1.53 bits per heavy atom. The van der Waals surface area contributed by atoms with Crippen molar-refractivity contribution < 1.29 is 9.90 Å². The van der Waals surface area contributed by atoms with Crippen LogP contribution in [0.4, 0.5) is 5.82 Å². The van der Waals surface area contributed by atoms with E-state index in [1.165, 1.54) is 0 Å². The number of carboxylic acids is 1. The van der Waals surface area contributed by atoms with Crippen molar-refractivity contribution in [3.8, 4) is 0 Å². The first-order chi connectivity index (χ1) is 6.97. The molecule has 0 aliphatic carbocycles. The van der Waals surface area contributed by atoms with Gasteiger partial charge in [-0.3, -0.25) is 4.79 Å². The van der Waals surface area contributed by atoms with Gasteiger partial charge in [-0.05, 0) is 20.8 Å². The van der Waals surface area contributed by atoms with E-state index < -0.39 is 5.97 Å². The van der Waals surface area contributed by atoms with Crippen molar-refractivity contribution in [3.63, 3.8) is 0 Å². The van der Waals surface area contributed by atoms with Crippen LogP contribution in [0.1, 0.15) is 24.9 Å². The molecule has 1 atom stereocenters. The lowest BCUT2D eigenvalue weighted by atomic mass is 10.2. The van der Waals surface area contributed by atoms with Gasteiger partial charge >= 0.3 is 5.97 Å². The summed E-state index contributed by atoms with van der Waals surface area (Å²) in [6, 6.07) is 1.65. The van der Waals surface area contributed by atoms with Crippen LogP contribution in [0.25, 0.3) is 0 Å². The van der Waals surface area contributed by atoms with E-state index in [0.717, 1.165) is 5.69 Å². The fraction of sp³-hybridized carbons (Fsp3) is 0.500. The maximum Gasteiger partial charge on any atom is 0.305 e. The number of nitrogens with zero attached hydrogens (tertiary/aromatic N) is 2. The van der Waals surface area contributed by atoms with Gasteiger partial charge in [0.1, 0.15) is 11.6 Å². The van der Waals surface area contributed by atoms with Crippen LogP contribution >= 0.6 is 0 Å². The van der Waals surface area contributed by atoms with Gasteiger partial charge in [0, 0.05) is 17.8 Å². The number of nitrogens with one attached hydrogen (secondary N) is 1. The van der Waals surface area contributed by atoms with Crippen molar-refractivity contribution in [2.75, 3.05) is 5.32 Å². The zero-order valence-electron chi connectivity index (χ0n) is 9.11. The lowest BCUT2D eigenvalue weighted by Crippen LogP contribution is -2.20. The molecule has 5 nitrogen and oxygen atoms in total. The SMILES string of the molecule is Cc1cc(N[C@H](C)CC(=O)O)nc(C)n1. The molecule has 1 rings (SSSR count). The van der Waals surface area contributed by atoms with Crippen LogP contribution in [0, 0.1) is 13.8 Å². The molecule has 82 valence electrons. The minimum atomic E-state index is -0.822. The number of hydrogen-bond acceptors (Lipinski definition) is 4. The van der Waals surface area contributed by atoms with Crippen LogP contribution in [-0.2, 0) is 4.79 Å². The van der Waals surface area contributed by atoms with Crippen molar-refractivity contribution in [2.45, 2.75) is 33.2 Å². The largest absolute Gasteiger partial charge is 0.481 e. The Bertz CT molecular complexity index is 345. The first-order valence-corrected chi connectivity index (χ1v) is 4.78. The summed E-state index contributed by atoms with van der Waals surface area (Å²) >= 11 is 0. The highest BCUT2D eigenvalue weighted by Crippen LogP contribution is 2.08. The zero-order chi connectivity index (χ0) is 11.4. The first-order valence-electron chi connectivity index (χ1n) is 4.78. The smallest absolute Gasteiger partial charge is 0.305 e.